The Morgan fingerprint density at radius 2 is 2.28 bits per heavy atom. The van der Waals surface area contributed by atoms with Crippen molar-refractivity contribution < 1.29 is 4.74 Å². The van der Waals surface area contributed by atoms with Crippen molar-refractivity contribution in [2.75, 3.05) is 19.7 Å². The van der Waals surface area contributed by atoms with Crippen LogP contribution in [0.5, 0.6) is 0 Å². The van der Waals surface area contributed by atoms with Crippen LogP contribution in [-0.4, -0.2) is 40.4 Å². The third kappa shape index (κ3) is 3.82. The van der Waals surface area contributed by atoms with Crippen LogP contribution in [0, 0.1) is 0 Å². The second-order valence-electron chi connectivity index (χ2n) is 6.04. The van der Waals surface area contributed by atoms with E-state index < -0.39 is 0 Å². The van der Waals surface area contributed by atoms with Crippen LogP contribution >= 0.6 is 0 Å². The molecule has 1 aromatic rings. The second-order valence-corrected chi connectivity index (χ2v) is 6.04. The molecule has 1 atom stereocenters. The molecule has 1 aromatic heterocycles. The summed E-state index contributed by atoms with van der Waals surface area (Å²) in [7, 11) is 0. The topological polar surface area (TPSA) is 41.1 Å². The van der Waals surface area contributed by atoms with Gasteiger partial charge in [-0.15, -0.1) is 0 Å². The van der Waals surface area contributed by atoms with Gasteiger partial charge in [-0.1, -0.05) is 6.42 Å². The highest BCUT2D eigenvalue weighted by Crippen LogP contribution is 2.29. The van der Waals surface area contributed by atoms with Crippen LogP contribution in [0.15, 0.2) is 12.4 Å². The molecule has 1 saturated heterocycles. The molecule has 0 saturated carbocycles. The lowest BCUT2D eigenvalue weighted by Crippen LogP contribution is -2.37. The number of hydrogen-bond acceptors (Lipinski definition) is 3. The van der Waals surface area contributed by atoms with Gasteiger partial charge < -0.3 is 4.74 Å². The van der Waals surface area contributed by atoms with E-state index in [9.17, 15) is 0 Å². The van der Waals surface area contributed by atoms with Gasteiger partial charge in [-0.3, -0.25) is 10.00 Å². The molecular weight excluding hydrogens is 226 g/mol. The summed E-state index contributed by atoms with van der Waals surface area (Å²) in [4.78, 5) is 2.53. The molecule has 0 radical (unpaired) electrons. The maximum atomic E-state index is 5.83. The molecule has 0 amide bonds. The van der Waals surface area contributed by atoms with E-state index in [0.29, 0.717) is 6.04 Å². The Morgan fingerprint density at radius 3 is 2.94 bits per heavy atom. The van der Waals surface area contributed by atoms with Gasteiger partial charge in [0.2, 0.25) is 0 Å². The van der Waals surface area contributed by atoms with Crippen LogP contribution in [0.2, 0.25) is 0 Å². The van der Waals surface area contributed by atoms with Crippen molar-refractivity contribution in [2.24, 2.45) is 0 Å². The molecule has 2 rings (SSSR count). The Kier molecular flexibility index (Phi) is 4.40. The van der Waals surface area contributed by atoms with Crippen LogP contribution in [0.3, 0.4) is 0 Å². The summed E-state index contributed by atoms with van der Waals surface area (Å²) in [5.41, 5.74) is 1.27. The van der Waals surface area contributed by atoms with E-state index in [0.717, 1.165) is 13.2 Å². The summed E-state index contributed by atoms with van der Waals surface area (Å²) < 4.78 is 5.83. The van der Waals surface area contributed by atoms with Gasteiger partial charge in [0.1, 0.15) is 0 Å². The molecule has 4 heteroatoms. The van der Waals surface area contributed by atoms with Crippen LogP contribution in [0.1, 0.15) is 51.6 Å². The molecule has 0 aliphatic carbocycles. The Bertz CT molecular complexity index is 342. The van der Waals surface area contributed by atoms with Crippen molar-refractivity contribution in [3.63, 3.8) is 0 Å². The first kappa shape index (κ1) is 13.6. The first-order valence-corrected chi connectivity index (χ1v) is 6.93. The average Bonchev–Trinajstić information content (AvgIpc) is 2.81. The van der Waals surface area contributed by atoms with E-state index in [1.54, 1.807) is 0 Å². The molecule has 2 heterocycles. The minimum atomic E-state index is -0.0408. The molecule has 18 heavy (non-hydrogen) atoms. The summed E-state index contributed by atoms with van der Waals surface area (Å²) in [5, 5.41) is 6.99. The molecule has 1 aliphatic heterocycles. The predicted molar refractivity (Wildman–Crippen MR) is 72.5 cm³/mol. The van der Waals surface area contributed by atoms with Gasteiger partial charge >= 0.3 is 0 Å². The largest absolute Gasteiger partial charge is 0.375 e. The van der Waals surface area contributed by atoms with Gasteiger partial charge in [-0.25, -0.2) is 0 Å². The molecule has 0 spiro atoms. The third-order valence-electron chi connectivity index (χ3n) is 3.43. The van der Waals surface area contributed by atoms with Crippen molar-refractivity contribution in [3.05, 3.63) is 18.0 Å². The van der Waals surface area contributed by atoms with Crippen molar-refractivity contribution in [2.45, 2.75) is 51.7 Å². The molecule has 1 fully saturated rings. The van der Waals surface area contributed by atoms with Gasteiger partial charge in [0.05, 0.1) is 18.4 Å². The lowest BCUT2D eigenvalue weighted by Gasteiger charge is -2.35. The monoisotopic (exact) mass is 251 g/mol. The summed E-state index contributed by atoms with van der Waals surface area (Å²) in [6.07, 6.45) is 7.81. The molecule has 4 nitrogen and oxygen atoms in total. The highest BCUT2D eigenvalue weighted by atomic mass is 16.5. The van der Waals surface area contributed by atoms with Crippen LogP contribution < -0.4 is 0 Å². The Morgan fingerprint density at radius 1 is 1.44 bits per heavy atom. The molecule has 0 aromatic carbocycles. The van der Waals surface area contributed by atoms with E-state index in [4.69, 9.17) is 4.74 Å². The number of rotatable bonds is 4. The van der Waals surface area contributed by atoms with Crippen molar-refractivity contribution in [1.29, 1.82) is 0 Å². The van der Waals surface area contributed by atoms with E-state index in [2.05, 4.69) is 35.9 Å². The fourth-order valence-corrected chi connectivity index (χ4v) is 2.55. The number of hydrogen-bond donors (Lipinski definition) is 1. The minimum Gasteiger partial charge on any atom is -0.375 e. The van der Waals surface area contributed by atoms with Crippen LogP contribution in [0.4, 0.5) is 0 Å². The predicted octanol–water partition coefficient (Wildman–Crippen LogP) is 2.75. The van der Waals surface area contributed by atoms with E-state index >= 15 is 0 Å². The van der Waals surface area contributed by atoms with Gasteiger partial charge in [-0.2, -0.15) is 5.10 Å². The third-order valence-corrected chi connectivity index (χ3v) is 3.43. The number of piperidine rings is 1. The molecule has 1 aliphatic rings. The highest BCUT2D eigenvalue weighted by molar-refractivity contribution is 5.10. The fourth-order valence-electron chi connectivity index (χ4n) is 2.55. The van der Waals surface area contributed by atoms with Gasteiger partial charge in [0.15, 0.2) is 0 Å². The number of H-pyrrole nitrogens is 1. The van der Waals surface area contributed by atoms with E-state index in [-0.39, 0.29) is 5.60 Å². The van der Waals surface area contributed by atoms with Crippen molar-refractivity contribution >= 4 is 0 Å². The second kappa shape index (κ2) is 5.85. The first-order valence-electron chi connectivity index (χ1n) is 6.93. The minimum absolute atomic E-state index is 0.0408. The molecule has 0 bridgehead atoms. The normalized spacial score (nSPS) is 22.3. The van der Waals surface area contributed by atoms with Gasteiger partial charge in [0.25, 0.3) is 0 Å². The number of ether oxygens (including phenoxy) is 1. The zero-order valence-corrected chi connectivity index (χ0v) is 11.8. The van der Waals surface area contributed by atoms with Crippen molar-refractivity contribution in [3.8, 4) is 0 Å². The fraction of sp³-hybridized carbons (Fsp3) is 0.786. The average molecular weight is 251 g/mol. The van der Waals surface area contributed by atoms with Gasteiger partial charge in [-0.05, 0) is 40.2 Å². The van der Waals surface area contributed by atoms with Crippen LogP contribution in [0.25, 0.3) is 0 Å². The number of aromatic amines is 1. The molecule has 102 valence electrons. The maximum Gasteiger partial charge on any atom is 0.0600 e. The standard InChI is InChI=1S/C14H25N3O/c1-14(2,3)18-9-8-17-7-5-4-6-13(17)12-10-15-16-11-12/h10-11,13H,4-9H2,1-3H3,(H,15,16)/t13-/m0/s1. The molecule has 1 N–H and O–H groups in total. The van der Waals surface area contributed by atoms with Crippen LogP contribution in [-0.2, 0) is 4.74 Å². The number of nitrogens with zero attached hydrogens (tertiary/aromatic N) is 2. The quantitative estimate of drug-likeness (QED) is 0.894. The summed E-state index contributed by atoms with van der Waals surface area (Å²) in [5.74, 6) is 0. The number of nitrogens with one attached hydrogen (secondary N) is 1. The SMILES string of the molecule is CC(C)(C)OCCN1CCCC[C@H]1c1cn[nH]c1. The summed E-state index contributed by atoms with van der Waals surface area (Å²) >= 11 is 0. The highest BCUT2D eigenvalue weighted by Gasteiger charge is 2.24. The van der Waals surface area contributed by atoms with E-state index in [1.165, 1.54) is 31.4 Å². The zero-order chi connectivity index (χ0) is 13.0. The number of likely N-dealkylation sites (tertiary alicyclic amines) is 1. The molecule has 0 unspecified atom stereocenters. The van der Waals surface area contributed by atoms with Gasteiger partial charge in [0, 0.05) is 24.3 Å². The Hall–Kier alpha value is -0.870. The summed E-state index contributed by atoms with van der Waals surface area (Å²) in [6, 6.07) is 0.515. The van der Waals surface area contributed by atoms with E-state index in [1.807, 2.05) is 12.4 Å². The lowest BCUT2D eigenvalue weighted by molar-refractivity contribution is -0.0212. The Balaban J connectivity index is 1.88. The van der Waals surface area contributed by atoms with Crippen molar-refractivity contribution in [1.82, 2.24) is 15.1 Å². The zero-order valence-electron chi connectivity index (χ0n) is 11.8. The maximum absolute atomic E-state index is 5.83. The summed E-state index contributed by atoms with van der Waals surface area (Å²) in [6.45, 7) is 9.30. The molecular formula is C14H25N3O. The lowest BCUT2D eigenvalue weighted by atomic mass is 9.98. The number of aromatic nitrogens is 2. The smallest absolute Gasteiger partial charge is 0.0600 e. The Labute approximate surface area is 110 Å². The first-order chi connectivity index (χ1) is 8.56.